The molecule has 0 amide bonds. The van der Waals surface area contributed by atoms with Crippen molar-refractivity contribution in [2.45, 2.75) is 13.0 Å². The minimum absolute atomic E-state index is 0.0556. The molecular formula is C10H12N4O3. The van der Waals surface area contributed by atoms with Crippen LogP contribution >= 0.6 is 0 Å². The predicted molar refractivity (Wildman–Crippen MR) is 62.8 cm³/mol. The molecule has 0 bridgehead atoms. The van der Waals surface area contributed by atoms with E-state index in [0.29, 0.717) is 12.1 Å². The van der Waals surface area contributed by atoms with Gasteiger partial charge in [0.25, 0.3) is 11.7 Å². The van der Waals surface area contributed by atoms with Crippen molar-refractivity contribution in [3.05, 3.63) is 28.3 Å². The third-order valence-corrected chi connectivity index (χ3v) is 2.17. The van der Waals surface area contributed by atoms with Crippen molar-refractivity contribution in [1.82, 2.24) is 4.98 Å². The average Bonchev–Trinajstić information content (AvgIpc) is 2.68. The summed E-state index contributed by atoms with van der Waals surface area (Å²) in [5.74, 6) is 0. The summed E-state index contributed by atoms with van der Waals surface area (Å²) < 4.78 is 5.33. The van der Waals surface area contributed by atoms with Gasteiger partial charge < -0.3 is 15.5 Å². The lowest BCUT2D eigenvalue weighted by Gasteiger charge is -2.03. The van der Waals surface area contributed by atoms with Crippen molar-refractivity contribution in [1.29, 1.82) is 0 Å². The fourth-order valence-corrected chi connectivity index (χ4v) is 1.41. The van der Waals surface area contributed by atoms with E-state index >= 15 is 0 Å². The van der Waals surface area contributed by atoms with E-state index in [9.17, 15) is 10.1 Å². The number of nitro benzene ring substituents is 1. The van der Waals surface area contributed by atoms with E-state index in [1.807, 2.05) is 6.92 Å². The van der Waals surface area contributed by atoms with Crippen molar-refractivity contribution in [2.75, 3.05) is 11.9 Å². The molecule has 0 saturated heterocycles. The molecule has 1 unspecified atom stereocenters. The van der Waals surface area contributed by atoms with Crippen molar-refractivity contribution in [3.63, 3.8) is 0 Å². The Labute approximate surface area is 96.8 Å². The van der Waals surface area contributed by atoms with Gasteiger partial charge in [-0.15, -0.1) is 0 Å². The molecule has 1 aromatic carbocycles. The Hall–Kier alpha value is -2.15. The number of hydrogen-bond donors (Lipinski definition) is 2. The van der Waals surface area contributed by atoms with Crippen LogP contribution in [0.2, 0.25) is 0 Å². The van der Waals surface area contributed by atoms with Crippen molar-refractivity contribution >= 4 is 22.8 Å². The topological polar surface area (TPSA) is 107 Å². The Balaban J connectivity index is 2.36. The molecule has 90 valence electrons. The largest absolute Gasteiger partial charge is 0.423 e. The maximum absolute atomic E-state index is 10.8. The monoisotopic (exact) mass is 236 g/mol. The summed E-state index contributed by atoms with van der Waals surface area (Å²) >= 11 is 0. The van der Waals surface area contributed by atoms with Crippen LogP contribution in [0.5, 0.6) is 0 Å². The second-order valence-electron chi connectivity index (χ2n) is 3.76. The number of nitrogens with two attached hydrogens (primary N) is 1. The van der Waals surface area contributed by atoms with Gasteiger partial charge in [0.15, 0.2) is 11.1 Å². The van der Waals surface area contributed by atoms with E-state index in [-0.39, 0.29) is 23.3 Å². The first-order valence-corrected chi connectivity index (χ1v) is 5.11. The van der Waals surface area contributed by atoms with E-state index in [0.717, 1.165) is 0 Å². The Bertz CT molecular complexity index is 549. The molecule has 0 aliphatic rings. The number of nitrogens with one attached hydrogen (secondary N) is 1. The minimum Gasteiger partial charge on any atom is -0.423 e. The lowest BCUT2D eigenvalue weighted by atomic mass is 10.3. The number of oxazole rings is 1. The fourth-order valence-electron chi connectivity index (χ4n) is 1.41. The van der Waals surface area contributed by atoms with Gasteiger partial charge in [0.1, 0.15) is 0 Å². The maximum atomic E-state index is 10.8. The fraction of sp³-hybridized carbons (Fsp3) is 0.300. The summed E-state index contributed by atoms with van der Waals surface area (Å²) in [6, 6.07) is 4.76. The van der Waals surface area contributed by atoms with Gasteiger partial charge in [-0.3, -0.25) is 10.1 Å². The summed E-state index contributed by atoms with van der Waals surface area (Å²) in [5.41, 5.74) is 6.12. The molecule has 1 aromatic heterocycles. The summed E-state index contributed by atoms with van der Waals surface area (Å²) in [5, 5.41) is 13.6. The van der Waals surface area contributed by atoms with Crippen LogP contribution in [0.4, 0.5) is 11.7 Å². The number of benzene rings is 1. The summed E-state index contributed by atoms with van der Waals surface area (Å²) in [7, 11) is 0. The van der Waals surface area contributed by atoms with E-state index in [1.54, 1.807) is 12.1 Å². The van der Waals surface area contributed by atoms with E-state index < -0.39 is 4.92 Å². The van der Waals surface area contributed by atoms with E-state index in [2.05, 4.69) is 10.3 Å². The highest BCUT2D eigenvalue weighted by Gasteiger charge is 2.17. The van der Waals surface area contributed by atoms with Crippen LogP contribution in [0.1, 0.15) is 6.92 Å². The number of rotatable bonds is 4. The lowest BCUT2D eigenvalue weighted by molar-refractivity contribution is -0.383. The number of nitrogens with zero attached hydrogens (tertiary/aromatic N) is 2. The Morgan fingerprint density at radius 2 is 2.41 bits per heavy atom. The smallest absolute Gasteiger partial charge is 0.298 e. The number of hydrogen-bond acceptors (Lipinski definition) is 6. The average molecular weight is 236 g/mol. The molecule has 2 aromatic rings. The van der Waals surface area contributed by atoms with Gasteiger partial charge in [-0.25, -0.2) is 0 Å². The molecule has 0 fully saturated rings. The third kappa shape index (κ3) is 2.34. The molecule has 17 heavy (non-hydrogen) atoms. The first-order valence-electron chi connectivity index (χ1n) is 5.11. The lowest BCUT2D eigenvalue weighted by Crippen LogP contribution is -2.25. The summed E-state index contributed by atoms with van der Waals surface area (Å²) in [4.78, 5) is 14.3. The quantitative estimate of drug-likeness (QED) is 0.615. The van der Waals surface area contributed by atoms with Gasteiger partial charge in [0.05, 0.1) is 4.92 Å². The van der Waals surface area contributed by atoms with Crippen molar-refractivity contribution in [2.24, 2.45) is 5.73 Å². The molecule has 0 aliphatic heterocycles. The molecule has 0 spiro atoms. The van der Waals surface area contributed by atoms with Crippen molar-refractivity contribution in [3.8, 4) is 0 Å². The van der Waals surface area contributed by atoms with E-state index in [4.69, 9.17) is 10.2 Å². The number of para-hydroxylation sites is 1. The van der Waals surface area contributed by atoms with Crippen LogP contribution in [0.25, 0.3) is 11.1 Å². The van der Waals surface area contributed by atoms with Crippen molar-refractivity contribution < 1.29 is 9.34 Å². The van der Waals surface area contributed by atoms with Gasteiger partial charge in [-0.1, -0.05) is 6.07 Å². The Kier molecular flexibility index (Phi) is 2.92. The number of non-ortho nitro benzene ring substituents is 1. The first-order chi connectivity index (χ1) is 8.08. The maximum Gasteiger partial charge on any atom is 0.298 e. The molecule has 0 radical (unpaired) electrons. The molecule has 3 N–H and O–H groups in total. The molecule has 1 atom stereocenters. The molecule has 2 rings (SSSR count). The molecule has 1 heterocycles. The van der Waals surface area contributed by atoms with Crippen LogP contribution in [-0.2, 0) is 0 Å². The summed E-state index contributed by atoms with van der Waals surface area (Å²) in [6.07, 6.45) is 0. The zero-order valence-corrected chi connectivity index (χ0v) is 9.21. The van der Waals surface area contributed by atoms with Gasteiger partial charge in [0.2, 0.25) is 0 Å². The molecule has 7 nitrogen and oxygen atoms in total. The van der Waals surface area contributed by atoms with Crippen LogP contribution in [-0.4, -0.2) is 22.5 Å². The predicted octanol–water partition coefficient (Wildman–Crippen LogP) is 1.50. The molecule has 0 saturated carbocycles. The molecule has 0 aliphatic carbocycles. The van der Waals surface area contributed by atoms with Gasteiger partial charge in [-0.2, -0.15) is 4.98 Å². The SMILES string of the molecule is CC(N)CNc1nc2c([N+](=O)[O-])cccc2o1. The Morgan fingerprint density at radius 1 is 1.65 bits per heavy atom. The summed E-state index contributed by atoms with van der Waals surface area (Å²) in [6.45, 7) is 2.32. The zero-order chi connectivity index (χ0) is 12.4. The van der Waals surface area contributed by atoms with Crippen LogP contribution < -0.4 is 11.1 Å². The third-order valence-electron chi connectivity index (χ3n) is 2.17. The standard InChI is InChI=1S/C10H12N4O3/c1-6(11)5-12-10-13-9-7(14(15)16)3-2-4-8(9)17-10/h2-4,6H,5,11H2,1H3,(H,12,13). The number of anilines is 1. The number of nitro groups is 1. The highest BCUT2D eigenvalue weighted by molar-refractivity contribution is 5.83. The minimum atomic E-state index is -0.486. The Morgan fingerprint density at radius 3 is 3.06 bits per heavy atom. The second kappa shape index (κ2) is 4.38. The van der Waals surface area contributed by atoms with Crippen LogP contribution in [0.3, 0.4) is 0 Å². The number of fused-ring (bicyclic) bond motifs is 1. The van der Waals surface area contributed by atoms with Gasteiger partial charge in [0, 0.05) is 18.7 Å². The normalized spacial score (nSPS) is 12.6. The molecule has 7 heteroatoms. The first kappa shape index (κ1) is 11.3. The second-order valence-corrected chi connectivity index (χ2v) is 3.76. The van der Waals surface area contributed by atoms with Crippen LogP contribution in [0.15, 0.2) is 22.6 Å². The van der Waals surface area contributed by atoms with Gasteiger partial charge >= 0.3 is 0 Å². The van der Waals surface area contributed by atoms with Gasteiger partial charge in [-0.05, 0) is 13.0 Å². The highest BCUT2D eigenvalue weighted by atomic mass is 16.6. The van der Waals surface area contributed by atoms with E-state index in [1.165, 1.54) is 6.07 Å². The highest BCUT2D eigenvalue weighted by Crippen LogP contribution is 2.27. The van der Waals surface area contributed by atoms with Crippen LogP contribution in [0, 0.1) is 10.1 Å². The molecular weight excluding hydrogens is 224 g/mol. The zero-order valence-electron chi connectivity index (χ0n) is 9.21. The number of aromatic nitrogens is 1.